The van der Waals surface area contributed by atoms with E-state index >= 15 is 0 Å². The number of rotatable bonds is 10. The maximum absolute atomic E-state index is 12.1. The molecular formula is C20H34N3O2+. The first-order valence-corrected chi connectivity index (χ1v) is 9.30. The Kier molecular flexibility index (Phi) is 9.21. The summed E-state index contributed by atoms with van der Waals surface area (Å²) in [5, 5.41) is 5.82. The maximum atomic E-state index is 12.1. The summed E-state index contributed by atoms with van der Waals surface area (Å²) in [6, 6.07) is 8.68. The fourth-order valence-corrected chi connectivity index (χ4v) is 2.62. The minimum absolute atomic E-state index is 0.00648. The van der Waals surface area contributed by atoms with Crippen molar-refractivity contribution in [1.82, 2.24) is 10.6 Å². The molecule has 0 aromatic heterocycles. The lowest BCUT2D eigenvalue weighted by molar-refractivity contribution is -0.881. The molecule has 0 heterocycles. The van der Waals surface area contributed by atoms with Crippen LogP contribution in [0, 0.1) is 0 Å². The van der Waals surface area contributed by atoms with E-state index in [9.17, 15) is 9.59 Å². The molecular weight excluding hydrogens is 314 g/mol. The molecule has 5 heteroatoms. The molecule has 2 amide bonds. The van der Waals surface area contributed by atoms with Crippen LogP contribution in [0.4, 0.5) is 0 Å². The van der Waals surface area contributed by atoms with Crippen LogP contribution in [0.1, 0.15) is 51.7 Å². The topological polar surface area (TPSA) is 62.6 Å². The van der Waals surface area contributed by atoms with Crippen LogP contribution in [-0.2, 0) is 16.0 Å². The first-order valence-electron chi connectivity index (χ1n) is 9.30. The molecule has 0 bridgehead atoms. The first kappa shape index (κ1) is 21.2. The predicted molar refractivity (Wildman–Crippen MR) is 102 cm³/mol. The minimum atomic E-state index is -0.00936. The number of nitrogens with one attached hydrogen (secondary N) is 3. The van der Waals surface area contributed by atoms with Crippen molar-refractivity contribution in [3.63, 3.8) is 0 Å². The Morgan fingerprint density at radius 3 is 2.12 bits per heavy atom. The van der Waals surface area contributed by atoms with E-state index in [4.69, 9.17) is 0 Å². The predicted octanol–water partition coefficient (Wildman–Crippen LogP) is 0.898. The summed E-state index contributed by atoms with van der Waals surface area (Å²) in [4.78, 5) is 24.9. The molecule has 1 rings (SSSR count). The van der Waals surface area contributed by atoms with E-state index in [-0.39, 0.29) is 17.9 Å². The Balaban J connectivity index is 2.34. The number of likely N-dealkylation sites (N-methyl/N-ethyl adjacent to an activating group) is 1. The van der Waals surface area contributed by atoms with Gasteiger partial charge in [0.2, 0.25) is 0 Å². The lowest BCUT2D eigenvalue weighted by atomic mass is 10.0. The average Bonchev–Trinajstić information content (AvgIpc) is 2.53. The second-order valence-electron chi connectivity index (χ2n) is 7.18. The summed E-state index contributed by atoms with van der Waals surface area (Å²) >= 11 is 0. The van der Waals surface area contributed by atoms with E-state index in [1.54, 1.807) is 0 Å². The number of quaternary nitrogens is 1. The number of carbonyl (C=O) groups excluding carboxylic acids is 2. The molecule has 0 saturated carbocycles. The van der Waals surface area contributed by atoms with E-state index in [1.165, 1.54) is 11.1 Å². The van der Waals surface area contributed by atoms with Crippen LogP contribution in [0.5, 0.6) is 0 Å². The number of hydrogen-bond acceptors (Lipinski definition) is 2. The molecule has 5 nitrogen and oxygen atoms in total. The summed E-state index contributed by atoms with van der Waals surface area (Å²) in [6.07, 6.45) is 0.819. The van der Waals surface area contributed by atoms with Gasteiger partial charge in [-0.15, -0.1) is 0 Å². The van der Waals surface area contributed by atoms with Gasteiger partial charge >= 0.3 is 0 Å². The zero-order valence-corrected chi connectivity index (χ0v) is 16.3. The monoisotopic (exact) mass is 348 g/mol. The third kappa shape index (κ3) is 8.68. The lowest BCUT2D eigenvalue weighted by Crippen LogP contribution is -3.14. The van der Waals surface area contributed by atoms with Gasteiger partial charge in [0.15, 0.2) is 13.1 Å². The molecule has 0 spiro atoms. The van der Waals surface area contributed by atoms with Crippen LogP contribution in [0.2, 0.25) is 0 Å². The van der Waals surface area contributed by atoms with E-state index in [0.29, 0.717) is 25.6 Å². The first-order chi connectivity index (χ1) is 11.8. The molecule has 0 saturated heterocycles. The molecule has 3 N–H and O–H groups in total. The van der Waals surface area contributed by atoms with Crippen molar-refractivity contribution < 1.29 is 14.5 Å². The fourth-order valence-electron chi connectivity index (χ4n) is 2.62. The zero-order valence-electron chi connectivity index (χ0n) is 16.3. The highest BCUT2D eigenvalue weighted by Gasteiger charge is 2.16. The Hall–Kier alpha value is -1.88. The molecule has 1 aromatic rings. The van der Waals surface area contributed by atoms with Crippen molar-refractivity contribution in [3.05, 3.63) is 35.4 Å². The van der Waals surface area contributed by atoms with Crippen LogP contribution in [0.15, 0.2) is 24.3 Å². The van der Waals surface area contributed by atoms with Gasteiger partial charge < -0.3 is 15.5 Å². The highest BCUT2D eigenvalue weighted by molar-refractivity contribution is 5.79. The van der Waals surface area contributed by atoms with Gasteiger partial charge in [0.25, 0.3) is 11.8 Å². The Bertz CT molecular complexity index is 538. The van der Waals surface area contributed by atoms with Crippen LogP contribution >= 0.6 is 0 Å². The van der Waals surface area contributed by atoms with Crippen LogP contribution in [0.25, 0.3) is 0 Å². The Morgan fingerprint density at radius 1 is 1.00 bits per heavy atom. The van der Waals surface area contributed by atoms with Gasteiger partial charge in [-0.05, 0) is 44.2 Å². The second-order valence-corrected chi connectivity index (χ2v) is 7.18. The van der Waals surface area contributed by atoms with Gasteiger partial charge in [-0.1, -0.05) is 38.1 Å². The quantitative estimate of drug-likeness (QED) is 0.588. The Morgan fingerprint density at radius 2 is 1.60 bits per heavy atom. The van der Waals surface area contributed by atoms with Gasteiger partial charge in [-0.25, -0.2) is 0 Å². The molecule has 1 atom stereocenters. The molecule has 140 valence electrons. The Labute approximate surface area is 152 Å². The van der Waals surface area contributed by atoms with Crippen molar-refractivity contribution >= 4 is 11.8 Å². The summed E-state index contributed by atoms with van der Waals surface area (Å²) in [5.74, 6) is 0.516. The summed E-state index contributed by atoms with van der Waals surface area (Å²) in [6.45, 7) is 12.2. The van der Waals surface area contributed by atoms with Crippen molar-refractivity contribution in [2.45, 2.75) is 53.0 Å². The van der Waals surface area contributed by atoms with Gasteiger partial charge in [0.05, 0.1) is 6.54 Å². The van der Waals surface area contributed by atoms with E-state index in [0.717, 1.165) is 17.9 Å². The van der Waals surface area contributed by atoms with Gasteiger partial charge in [-0.3, -0.25) is 9.59 Å². The van der Waals surface area contributed by atoms with Crippen molar-refractivity contribution in [2.24, 2.45) is 0 Å². The molecule has 1 aromatic carbocycles. The summed E-state index contributed by atoms with van der Waals surface area (Å²) < 4.78 is 0. The molecule has 0 aliphatic heterocycles. The zero-order chi connectivity index (χ0) is 18.8. The molecule has 0 aliphatic carbocycles. The largest absolute Gasteiger partial charge is 0.351 e. The SMILES string of the molecule is CC[NH+](CC(=O)NCCc1ccc(C(C)C)cc1)CC(=O)NC(C)C. The number of benzene rings is 1. The minimum Gasteiger partial charge on any atom is -0.351 e. The normalized spacial score (nSPS) is 12.3. The van der Waals surface area contributed by atoms with Crippen molar-refractivity contribution in [1.29, 1.82) is 0 Å². The summed E-state index contributed by atoms with van der Waals surface area (Å²) in [7, 11) is 0. The van der Waals surface area contributed by atoms with E-state index in [1.807, 2.05) is 20.8 Å². The second kappa shape index (κ2) is 10.9. The van der Waals surface area contributed by atoms with Crippen LogP contribution in [-0.4, -0.2) is 44.0 Å². The average molecular weight is 349 g/mol. The van der Waals surface area contributed by atoms with Crippen molar-refractivity contribution in [3.8, 4) is 0 Å². The standard InChI is InChI=1S/C20H33N3O2/c1-6-23(14-20(25)22-16(4)5)13-19(24)21-12-11-17-7-9-18(10-8-17)15(2)3/h7-10,15-16H,6,11-14H2,1-5H3,(H,21,24)(H,22,25)/p+1. The molecule has 25 heavy (non-hydrogen) atoms. The third-order valence-corrected chi connectivity index (χ3v) is 4.15. The number of hydrogen-bond donors (Lipinski definition) is 3. The van der Waals surface area contributed by atoms with E-state index in [2.05, 4.69) is 48.7 Å². The number of amides is 2. The van der Waals surface area contributed by atoms with Gasteiger partial charge in [0.1, 0.15) is 0 Å². The smallest absolute Gasteiger partial charge is 0.275 e. The number of carbonyl (C=O) groups is 2. The fraction of sp³-hybridized carbons (Fsp3) is 0.600. The van der Waals surface area contributed by atoms with E-state index < -0.39 is 0 Å². The molecule has 0 aliphatic rings. The molecule has 0 radical (unpaired) electrons. The molecule has 0 fully saturated rings. The van der Waals surface area contributed by atoms with Gasteiger partial charge in [0, 0.05) is 12.6 Å². The molecule has 1 unspecified atom stereocenters. The summed E-state index contributed by atoms with van der Waals surface area (Å²) in [5.41, 5.74) is 2.55. The van der Waals surface area contributed by atoms with Crippen LogP contribution < -0.4 is 15.5 Å². The van der Waals surface area contributed by atoms with Gasteiger partial charge in [-0.2, -0.15) is 0 Å². The third-order valence-electron chi connectivity index (χ3n) is 4.15. The van der Waals surface area contributed by atoms with Crippen molar-refractivity contribution in [2.75, 3.05) is 26.2 Å². The van der Waals surface area contributed by atoms with Crippen LogP contribution in [0.3, 0.4) is 0 Å². The highest BCUT2D eigenvalue weighted by Crippen LogP contribution is 2.14. The maximum Gasteiger partial charge on any atom is 0.275 e. The lowest BCUT2D eigenvalue weighted by Gasteiger charge is -2.17. The highest BCUT2D eigenvalue weighted by atomic mass is 16.2.